The third-order valence-electron chi connectivity index (χ3n) is 2.01. The van der Waals surface area contributed by atoms with E-state index in [4.69, 9.17) is 5.73 Å². The van der Waals surface area contributed by atoms with Crippen LogP contribution in [0.25, 0.3) is 10.9 Å². The SMILES string of the molecule is Cc1cc(N)c2c(cnn2C)c1. The molecule has 0 saturated heterocycles. The van der Waals surface area contributed by atoms with Crippen molar-refractivity contribution in [3.8, 4) is 0 Å². The summed E-state index contributed by atoms with van der Waals surface area (Å²) >= 11 is 0. The smallest absolute Gasteiger partial charge is 0.0908 e. The van der Waals surface area contributed by atoms with E-state index < -0.39 is 0 Å². The van der Waals surface area contributed by atoms with Crippen LogP contribution in [0.4, 0.5) is 5.69 Å². The highest BCUT2D eigenvalue weighted by Gasteiger charge is 2.03. The normalized spacial score (nSPS) is 10.8. The molecule has 2 rings (SSSR count). The lowest BCUT2D eigenvalue weighted by molar-refractivity contribution is 0.798. The quantitative estimate of drug-likeness (QED) is 0.594. The maximum absolute atomic E-state index is 5.84. The van der Waals surface area contributed by atoms with Crippen molar-refractivity contribution in [2.24, 2.45) is 7.05 Å². The summed E-state index contributed by atoms with van der Waals surface area (Å²) < 4.78 is 1.80. The molecule has 0 unspecified atom stereocenters. The van der Waals surface area contributed by atoms with E-state index in [1.807, 2.05) is 26.2 Å². The zero-order valence-corrected chi connectivity index (χ0v) is 7.20. The zero-order chi connectivity index (χ0) is 8.72. The summed E-state index contributed by atoms with van der Waals surface area (Å²) in [4.78, 5) is 0. The van der Waals surface area contributed by atoms with Crippen molar-refractivity contribution in [2.45, 2.75) is 6.92 Å². The minimum atomic E-state index is 0.796. The van der Waals surface area contributed by atoms with Gasteiger partial charge in [-0.15, -0.1) is 0 Å². The van der Waals surface area contributed by atoms with E-state index in [2.05, 4.69) is 11.2 Å². The van der Waals surface area contributed by atoms with Crippen LogP contribution in [0.3, 0.4) is 0 Å². The van der Waals surface area contributed by atoms with E-state index >= 15 is 0 Å². The molecular formula is C9H11N3. The molecule has 0 aliphatic rings. The van der Waals surface area contributed by atoms with E-state index in [0.717, 1.165) is 16.6 Å². The number of aromatic nitrogens is 2. The Bertz CT molecular complexity index is 429. The van der Waals surface area contributed by atoms with Gasteiger partial charge in [0.2, 0.25) is 0 Å². The van der Waals surface area contributed by atoms with Gasteiger partial charge in [0.25, 0.3) is 0 Å². The number of aryl methyl sites for hydroxylation is 2. The predicted molar refractivity (Wildman–Crippen MR) is 49.9 cm³/mol. The molecule has 1 heterocycles. The summed E-state index contributed by atoms with van der Waals surface area (Å²) in [6.45, 7) is 2.03. The van der Waals surface area contributed by atoms with Gasteiger partial charge >= 0.3 is 0 Å². The van der Waals surface area contributed by atoms with Crippen molar-refractivity contribution in [2.75, 3.05) is 5.73 Å². The molecular weight excluding hydrogens is 150 g/mol. The van der Waals surface area contributed by atoms with Crippen LogP contribution in [0.5, 0.6) is 0 Å². The molecule has 0 fully saturated rings. The van der Waals surface area contributed by atoms with Gasteiger partial charge in [0, 0.05) is 12.4 Å². The predicted octanol–water partition coefficient (Wildman–Crippen LogP) is 1.46. The van der Waals surface area contributed by atoms with E-state index in [0.29, 0.717) is 0 Å². The number of hydrogen-bond acceptors (Lipinski definition) is 2. The molecule has 0 radical (unpaired) electrons. The van der Waals surface area contributed by atoms with Crippen molar-refractivity contribution in [1.82, 2.24) is 9.78 Å². The molecule has 0 saturated carbocycles. The second-order valence-electron chi connectivity index (χ2n) is 3.06. The maximum atomic E-state index is 5.84. The van der Waals surface area contributed by atoms with Gasteiger partial charge in [-0.1, -0.05) is 0 Å². The van der Waals surface area contributed by atoms with Gasteiger partial charge in [-0.3, -0.25) is 4.68 Å². The number of anilines is 1. The van der Waals surface area contributed by atoms with E-state index in [1.165, 1.54) is 5.56 Å². The Morgan fingerprint density at radius 3 is 2.92 bits per heavy atom. The highest BCUT2D eigenvalue weighted by atomic mass is 15.3. The first-order chi connectivity index (χ1) is 5.68. The van der Waals surface area contributed by atoms with Crippen LogP contribution in [0.1, 0.15) is 5.56 Å². The third-order valence-corrected chi connectivity index (χ3v) is 2.01. The Kier molecular flexibility index (Phi) is 1.33. The second-order valence-corrected chi connectivity index (χ2v) is 3.06. The van der Waals surface area contributed by atoms with Crippen LogP contribution in [0.15, 0.2) is 18.3 Å². The lowest BCUT2D eigenvalue weighted by atomic mass is 10.1. The topological polar surface area (TPSA) is 43.8 Å². The van der Waals surface area contributed by atoms with Gasteiger partial charge in [-0.2, -0.15) is 5.10 Å². The van der Waals surface area contributed by atoms with Gasteiger partial charge in [-0.25, -0.2) is 0 Å². The van der Waals surface area contributed by atoms with Gasteiger partial charge in [-0.05, 0) is 24.6 Å². The number of nitrogens with zero attached hydrogens (tertiary/aromatic N) is 2. The molecule has 0 atom stereocenters. The van der Waals surface area contributed by atoms with Crippen molar-refractivity contribution in [3.05, 3.63) is 23.9 Å². The fourth-order valence-electron chi connectivity index (χ4n) is 1.51. The fraction of sp³-hybridized carbons (Fsp3) is 0.222. The largest absolute Gasteiger partial charge is 0.397 e. The number of nitrogen functional groups attached to an aromatic ring is 1. The summed E-state index contributed by atoms with van der Waals surface area (Å²) in [5.41, 5.74) is 8.83. The molecule has 12 heavy (non-hydrogen) atoms. The van der Waals surface area contributed by atoms with Gasteiger partial charge < -0.3 is 5.73 Å². The van der Waals surface area contributed by atoms with Crippen LogP contribution in [-0.4, -0.2) is 9.78 Å². The van der Waals surface area contributed by atoms with E-state index in [1.54, 1.807) is 4.68 Å². The molecule has 0 aliphatic heterocycles. The summed E-state index contributed by atoms with van der Waals surface area (Å²) in [6.07, 6.45) is 1.83. The summed E-state index contributed by atoms with van der Waals surface area (Å²) in [5, 5.41) is 5.24. The molecule has 2 N–H and O–H groups in total. The number of rotatable bonds is 0. The van der Waals surface area contributed by atoms with Gasteiger partial charge in [0.05, 0.1) is 17.4 Å². The van der Waals surface area contributed by atoms with Crippen LogP contribution < -0.4 is 5.73 Å². The van der Waals surface area contributed by atoms with Crippen molar-refractivity contribution in [3.63, 3.8) is 0 Å². The molecule has 0 amide bonds. The number of nitrogens with two attached hydrogens (primary N) is 1. The van der Waals surface area contributed by atoms with Crippen LogP contribution in [-0.2, 0) is 7.05 Å². The van der Waals surface area contributed by atoms with Crippen LogP contribution >= 0.6 is 0 Å². The molecule has 3 heteroatoms. The first kappa shape index (κ1) is 7.16. The lowest BCUT2D eigenvalue weighted by Crippen LogP contribution is -1.94. The molecule has 2 aromatic rings. The van der Waals surface area contributed by atoms with Gasteiger partial charge in [0.1, 0.15) is 0 Å². The van der Waals surface area contributed by atoms with Gasteiger partial charge in [0.15, 0.2) is 0 Å². The maximum Gasteiger partial charge on any atom is 0.0908 e. The highest BCUT2D eigenvalue weighted by molar-refractivity contribution is 5.90. The van der Waals surface area contributed by atoms with Crippen molar-refractivity contribution < 1.29 is 0 Å². The first-order valence-electron chi connectivity index (χ1n) is 3.86. The molecule has 0 aliphatic carbocycles. The molecule has 1 aromatic carbocycles. The number of fused-ring (bicyclic) bond motifs is 1. The standard InChI is InChI=1S/C9H11N3/c1-6-3-7-5-11-12(2)9(7)8(10)4-6/h3-5H,10H2,1-2H3. The van der Waals surface area contributed by atoms with Crippen LogP contribution in [0, 0.1) is 6.92 Å². The third kappa shape index (κ3) is 0.863. The Labute approximate surface area is 70.8 Å². The number of hydrogen-bond donors (Lipinski definition) is 1. The Morgan fingerprint density at radius 2 is 2.17 bits per heavy atom. The van der Waals surface area contributed by atoms with E-state index in [-0.39, 0.29) is 0 Å². The molecule has 62 valence electrons. The summed E-state index contributed by atoms with van der Waals surface area (Å²) in [7, 11) is 1.90. The zero-order valence-electron chi connectivity index (χ0n) is 7.20. The Balaban J connectivity index is 2.93. The minimum absolute atomic E-state index is 0.796. The second kappa shape index (κ2) is 2.24. The summed E-state index contributed by atoms with van der Waals surface area (Å²) in [5.74, 6) is 0. The Morgan fingerprint density at radius 1 is 1.42 bits per heavy atom. The lowest BCUT2D eigenvalue weighted by Gasteiger charge is -2.00. The molecule has 0 spiro atoms. The van der Waals surface area contributed by atoms with E-state index in [9.17, 15) is 0 Å². The molecule has 0 bridgehead atoms. The first-order valence-corrected chi connectivity index (χ1v) is 3.86. The Hall–Kier alpha value is -1.51. The van der Waals surface area contributed by atoms with Crippen molar-refractivity contribution >= 4 is 16.6 Å². The van der Waals surface area contributed by atoms with Crippen molar-refractivity contribution in [1.29, 1.82) is 0 Å². The monoisotopic (exact) mass is 161 g/mol. The summed E-state index contributed by atoms with van der Waals surface area (Å²) in [6, 6.07) is 4.04. The highest BCUT2D eigenvalue weighted by Crippen LogP contribution is 2.21. The van der Waals surface area contributed by atoms with Crippen LogP contribution in [0.2, 0.25) is 0 Å². The minimum Gasteiger partial charge on any atom is -0.397 e. The molecule has 1 aromatic heterocycles. The number of benzene rings is 1. The molecule has 3 nitrogen and oxygen atoms in total. The fourth-order valence-corrected chi connectivity index (χ4v) is 1.51. The average molecular weight is 161 g/mol. The average Bonchev–Trinajstić information content (AvgIpc) is 2.31.